The maximum atomic E-state index is 3.64. The Balaban J connectivity index is 1.75. The van der Waals surface area contributed by atoms with Crippen LogP contribution in [0.15, 0.2) is 63.1 Å². The number of allylic oxidation sites excluding steroid dienone is 5. The van der Waals surface area contributed by atoms with Crippen molar-refractivity contribution in [3.8, 4) is 0 Å². The van der Waals surface area contributed by atoms with Crippen LogP contribution in [0.3, 0.4) is 0 Å². The number of fused-ring (bicyclic) bond motifs is 1. The normalized spacial score (nSPS) is 25.0. The van der Waals surface area contributed by atoms with E-state index in [-0.39, 0.29) is 0 Å². The third-order valence-electron chi connectivity index (χ3n) is 4.33. The second-order valence-corrected chi connectivity index (χ2v) is 6.74. The molecule has 0 spiro atoms. The summed E-state index contributed by atoms with van der Waals surface area (Å²) in [6.45, 7) is 1.15. The Bertz CT molecular complexity index is 629. The Labute approximate surface area is 124 Å². The van der Waals surface area contributed by atoms with Crippen molar-refractivity contribution >= 4 is 11.8 Å². The van der Waals surface area contributed by atoms with Crippen molar-refractivity contribution in [1.29, 1.82) is 0 Å². The summed E-state index contributed by atoms with van der Waals surface area (Å²) in [6, 6.07) is 8.83. The predicted molar refractivity (Wildman–Crippen MR) is 85.7 cm³/mol. The zero-order valence-corrected chi connectivity index (χ0v) is 12.4. The SMILES string of the molecule is C1=CC2=C(Sc3ccccc3C2)C(=C2CCCCN2)C1. The van der Waals surface area contributed by atoms with E-state index in [4.69, 9.17) is 0 Å². The van der Waals surface area contributed by atoms with Crippen LogP contribution in [0, 0.1) is 0 Å². The van der Waals surface area contributed by atoms with E-state index in [1.165, 1.54) is 45.9 Å². The molecule has 1 saturated heterocycles. The number of benzene rings is 1. The topological polar surface area (TPSA) is 12.0 Å². The number of thioether (sulfide) groups is 1. The van der Waals surface area contributed by atoms with Gasteiger partial charge in [-0.05, 0) is 54.9 Å². The van der Waals surface area contributed by atoms with Gasteiger partial charge in [0.15, 0.2) is 0 Å². The highest BCUT2D eigenvalue weighted by Crippen LogP contribution is 2.46. The van der Waals surface area contributed by atoms with Crippen molar-refractivity contribution in [3.63, 3.8) is 0 Å². The monoisotopic (exact) mass is 281 g/mol. The van der Waals surface area contributed by atoms with Crippen LogP contribution in [0.2, 0.25) is 0 Å². The summed E-state index contributed by atoms with van der Waals surface area (Å²) in [5.41, 5.74) is 6.04. The van der Waals surface area contributed by atoms with Crippen LogP contribution in [-0.4, -0.2) is 6.54 Å². The van der Waals surface area contributed by atoms with Crippen molar-refractivity contribution in [2.75, 3.05) is 6.54 Å². The molecular weight excluding hydrogens is 262 g/mol. The molecule has 4 rings (SSSR count). The molecule has 1 aliphatic carbocycles. The summed E-state index contributed by atoms with van der Waals surface area (Å²) in [5, 5.41) is 3.64. The average Bonchev–Trinajstić information content (AvgIpc) is 2.53. The molecule has 1 fully saturated rings. The zero-order valence-electron chi connectivity index (χ0n) is 11.6. The lowest BCUT2D eigenvalue weighted by Crippen LogP contribution is -2.22. The van der Waals surface area contributed by atoms with Gasteiger partial charge in [0.05, 0.1) is 0 Å². The van der Waals surface area contributed by atoms with E-state index < -0.39 is 0 Å². The summed E-state index contributed by atoms with van der Waals surface area (Å²) in [4.78, 5) is 2.96. The van der Waals surface area contributed by atoms with Crippen LogP contribution < -0.4 is 5.32 Å². The van der Waals surface area contributed by atoms with E-state index in [2.05, 4.69) is 41.7 Å². The summed E-state index contributed by atoms with van der Waals surface area (Å²) in [5.74, 6) is 0. The third kappa shape index (κ3) is 2.12. The average molecular weight is 281 g/mol. The molecule has 2 heteroatoms. The van der Waals surface area contributed by atoms with E-state index in [1.54, 1.807) is 5.57 Å². The van der Waals surface area contributed by atoms with Crippen molar-refractivity contribution in [2.24, 2.45) is 0 Å². The van der Waals surface area contributed by atoms with Crippen LogP contribution >= 0.6 is 11.8 Å². The fourth-order valence-corrected chi connectivity index (χ4v) is 4.52. The number of hydrogen-bond donors (Lipinski definition) is 1. The molecule has 0 saturated carbocycles. The lowest BCUT2D eigenvalue weighted by molar-refractivity contribution is 0.581. The third-order valence-corrected chi connectivity index (χ3v) is 5.66. The zero-order chi connectivity index (χ0) is 13.4. The lowest BCUT2D eigenvalue weighted by Gasteiger charge is -2.29. The van der Waals surface area contributed by atoms with Crippen molar-refractivity contribution in [1.82, 2.24) is 5.32 Å². The molecule has 1 aromatic carbocycles. The first-order valence-corrected chi connectivity index (χ1v) is 8.35. The number of rotatable bonds is 0. The first-order valence-electron chi connectivity index (χ1n) is 7.53. The largest absolute Gasteiger partial charge is 0.388 e. The van der Waals surface area contributed by atoms with Gasteiger partial charge in [0.25, 0.3) is 0 Å². The quantitative estimate of drug-likeness (QED) is 0.747. The minimum atomic E-state index is 1.09. The van der Waals surface area contributed by atoms with Crippen LogP contribution in [0.25, 0.3) is 0 Å². The molecule has 0 atom stereocenters. The lowest BCUT2D eigenvalue weighted by atomic mass is 9.92. The van der Waals surface area contributed by atoms with Gasteiger partial charge in [-0.2, -0.15) is 0 Å². The predicted octanol–water partition coefficient (Wildman–Crippen LogP) is 4.58. The fraction of sp³-hybridized carbons (Fsp3) is 0.333. The van der Waals surface area contributed by atoms with Crippen molar-refractivity contribution < 1.29 is 0 Å². The summed E-state index contributed by atoms with van der Waals surface area (Å²) >= 11 is 1.97. The molecule has 20 heavy (non-hydrogen) atoms. The second kappa shape index (κ2) is 5.17. The number of nitrogens with one attached hydrogen (secondary N) is 1. The van der Waals surface area contributed by atoms with Gasteiger partial charge in [-0.25, -0.2) is 0 Å². The maximum absolute atomic E-state index is 3.64. The van der Waals surface area contributed by atoms with Crippen LogP contribution in [0.5, 0.6) is 0 Å². The Morgan fingerprint density at radius 2 is 2.05 bits per heavy atom. The summed E-state index contributed by atoms with van der Waals surface area (Å²) in [6.07, 6.45) is 10.7. The van der Waals surface area contributed by atoms with Gasteiger partial charge in [0.2, 0.25) is 0 Å². The highest BCUT2D eigenvalue weighted by molar-refractivity contribution is 8.03. The van der Waals surface area contributed by atoms with Gasteiger partial charge in [0.1, 0.15) is 0 Å². The van der Waals surface area contributed by atoms with Crippen LogP contribution in [-0.2, 0) is 6.42 Å². The van der Waals surface area contributed by atoms with Gasteiger partial charge in [0, 0.05) is 22.0 Å². The summed E-state index contributed by atoms with van der Waals surface area (Å²) < 4.78 is 0. The maximum Gasteiger partial charge on any atom is 0.0210 e. The Morgan fingerprint density at radius 3 is 2.95 bits per heavy atom. The van der Waals surface area contributed by atoms with Gasteiger partial charge in [-0.15, -0.1) is 0 Å². The Kier molecular flexibility index (Phi) is 3.19. The number of piperidine rings is 1. The molecule has 1 N–H and O–H groups in total. The van der Waals surface area contributed by atoms with Gasteiger partial charge in [-0.1, -0.05) is 42.1 Å². The van der Waals surface area contributed by atoms with Gasteiger partial charge >= 0.3 is 0 Å². The molecule has 3 aliphatic rings. The van der Waals surface area contributed by atoms with Crippen LogP contribution in [0.4, 0.5) is 0 Å². The van der Waals surface area contributed by atoms with E-state index in [1.807, 2.05) is 11.8 Å². The molecule has 2 heterocycles. The Hall–Kier alpha value is -1.41. The molecule has 0 radical (unpaired) electrons. The van der Waals surface area contributed by atoms with E-state index in [0.717, 1.165) is 19.4 Å². The minimum Gasteiger partial charge on any atom is -0.388 e. The standard InChI is InChI=1S/C18H19NS/c1-2-10-17-13(6-1)12-14-7-5-8-15(18(14)20-17)16-9-3-4-11-19-16/h1-2,5-7,10,19H,3-4,8-9,11-12H2. The molecule has 1 nitrogen and oxygen atoms in total. The van der Waals surface area contributed by atoms with Crippen molar-refractivity contribution in [2.45, 2.75) is 37.0 Å². The molecule has 0 aromatic heterocycles. The van der Waals surface area contributed by atoms with E-state index >= 15 is 0 Å². The minimum absolute atomic E-state index is 1.09. The highest BCUT2D eigenvalue weighted by atomic mass is 32.2. The molecule has 2 aliphatic heterocycles. The first-order chi connectivity index (χ1) is 9.92. The second-order valence-electron chi connectivity index (χ2n) is 5.69. The Morgan fingerprint density at radius 1 is 1.10 bits per heavy atom. The number of hydrogen-bond acceptors (Lipinski definition) is 2. The molecule has 102 valence electrons. The molecule has 0 unspecified atom stereocenters. The fourth-order valence-electron chi connectivity index (χ4n) is 3.28. The van der Waals surface area contributed by atoms with Gasteiger partial charge in [-0.3, -0.25) is 0 Å². The molecule has 0 bridgehead atoms. The van der Waals surface area contributed by atoms with Crippen LogP contribution in [0.1, 0.15) is 31.2 Å². The smallest absolute Gasteiger partial charge is 0.0210 e. The van der Waals surface area contributed by atoms with Gasteiger partial charge < -0.3 is 5.32 Å². The molecular formula is C18H19NS. The highest BCUT2D eigenvalue weighted by Gasteiger charge is 2.24. The first kappa shape index (κ1) is 12.3. The van der Waals surface area contributed by atoms with E-state index in [0.29, 0.717) is 0 Å². The molecule has 0 amide bonds. The van der Waals surface area contributed by atoms with Crippen molar-refractivity contribution in [3.05, 3.63) is 63.7 Å². The summed E-state index contributed by atoms with van der Waals surface area (Å²) in [7, 11) is 0. The molecule has 1 aromatic rings. The van der Waals surface area contributed by atoms with E-state index in [9.17, 15) is 0 Å².